The zero-order chi connectivity index (χ0) is 10.3. The van der Waals surface area contributed by atoms with Crippen LogP contribution < -0.4 is 0 Å². The van der Waals surface area contributed by atoms with E-state index in [1.165, 1.54) is 25.7 Å². The first-order valence-corrected chi connectivity index (χ1v) is 6.34. The maximum absolute atomic E-state index is 4.32. The van der Waals surface area contributed by atoms with Crippen LogP contribution in [-0.2, 0) is 0 Å². The van der Waals surface area contributed by atoms with Crippen molar-refractivity contribution in [1.82, 2.24) is 0 Å². The van der Waals surface area contributed by atoms with E-state index in [1.54, 1.807) is 0 Å². The van der Waals surface area contributed by atoms with Gasteiger partial charge in [0.1, 0.15) is 0 Å². The molecule has 0 aliphatic heterocycles. The molecule has 0 amide bonds. The predicted molar refractivity (Wildman–Crippen MR) is 65.5 cm³/mol. The Morgan fingerprint density at radius 3 is 1.92 bits per heavy atom. The molecule has 0 bridgehead atoms. The van der Waals surface area contributed by atoms with E-state index in [0.717, 1.165) is 23.5 Å². The lowest BCUT2D eigenvalue weighted by Gasteiger charge is -2.19. The molecule has 0 heterocycles. The lowest BCUT2D eigenvalue weighted by atomic mass is 9.88. The van der Waals surface area contributed by atoms with Gasteiger partial charge in [-0.25, -0.2) is 0 Å². The van der Waals surface area contributed by atoms with Gasteiger partial charge in [0.05, 0.1) is 0 Å². The molecule has 0 aliphatic carbocycles. The van der Waals surface area contributed by atoms with Crippen molar-refractivity contribution < 1.29 is 0 Å². The van der Waals surface area contributed by atoms with Crippen LogP contribution in [0.1, 0.15) is 53.4 Å². The topological polar surface area (TPSA) is 0 Å². The van der Waals surface area contributed by atoms with Gasteiger partial charge in [0.25, 0.3) is 0 Å². The molecule has 0 aromatic rings. The molecular formula is C12H26S. The first-order chi connectivity index (χ1) is 6.10. The Hall–Kier alpha value is 0.350. The number of rotatable bonds is 7. The van der Waals surface area contributed by atoms with E-state index in [-0.39, 0.29) is 0 Å². The summed E-state index contributed by atoms with van der Waals surface area (Å²) in [6.07, 6.45) is 5.46. The molecule has 3 unspecified atom stereocenters. The Bertz CT molecular complexity index is 112. The lowest BCUT2D eigenvalue weighted by Crippen LogP contribution is -2.08. The van der Waals surface area contributed by atoms with E-state index in [9.17, 15) is 0 Å². The fourth-order valence-electron chi connectivity index (χ4n) is 2.16. The van der Waals surface area contributed by atoms with Crippen LogP contribution >= 0.6 is 12.6 Å². The fraction of sp³-hybridized carbons (Fsp3) is 1.00. The Kier molecular flexibility index (Phi) is 7.93. The van der Waals surface area contributed by atoms with Gasteiger partial charge in [-0.1, -0.05) is 40.5 Å². The predicted octanol–water partition coefficient (Wildman–Crippen LogP) is 4.40. The third-order valence-corrected chi connectivity index (χ3v) is 3.33. The summed E-state index contributed by atoms with van der Waals surface area (Å²) >= 11 is 4.32. The summed E-state index contributed by atoms with van der Waals surface area (Å²) in [4.78, 5) is 0. The first kappa shape index (κ1) is 13.4. The van der Waals surface area contributed by atoms with E-state index in [2.05, 4.69) is 40.3 Å². The standard InChI is InChI=1S/C12H26S/c1-5-6-10(2)7-11(3)8-12(4)9-13/h10-13H,5-9H2,1-4H3. The van der Waals surface area contributed by atoms with Crippen LogP contribution in [0.15, 0.2) is 0 Å². The maximum Gasteiger partial charge on any atom is -0.00720 e. The minimum atomic E-state index is 0.784. The number of hydrogen-bond donors (Lipinski definition) is 1. The van der Waals surface area contributed by atoms with Crippen molar-refractivity contribution in [3.8, 4) is 0 Å². The molecule has 1 heteroatoms. The minimum absolute atomic E-state index is 0.784. The van der Waals surface area contributed by atoms with Crippen molar-refractivity contribution >= 4 is 12.6 Å². The highest BCUT2D eigenvalue weighted by atomic mass is 32.1. The van der Waals surface area contributed by atoms with Crippen LogP contribution in [-0.4, -0.2) is 5.75 Å². The van der Waals surface area contributed by atoms with Crippen molar-refractivity contribution in [2.24, 2.45) is 17.8 Å². The van der Waals surface area contributed by atoms with Gasteiger partial charge >= 0.3 is 0 Å². The number of hydrogen-bond acceptors (Lipinski definition) is 1. The molecular weight excluding hydrogens is 176 g/mol. The third-order valence-electron chi connectivity index (χ3n) is 2.70. The molecule has 0 saturated carbocycles. The average Bonchev–Trinajstić information content (AvgIpc) is 2.04. The maximum atomic E-state index is 4.32. The zero-order valence-electron chi connectivity index (χ0n) is 9.71. The second-order valence-corrected chi connectivity index (χ2v) is 5.12. The summed E-state index contributed by atoms with van der Waals surface area (Å²) in [5, 5.41) is 0. The Balaban J connectivity index is 3.54. The van der Waals surface area contributed by atoms with Crippen LogP contribution in [0.3, 0.4) is 0 Å². The molecule has 0 spiro atoms. The van der Waals surface area contributed by atoms with Crippen molar-refractivity contribution in [2.75, 3.05) is 5.75 Å². The van der Waals surface area contributed by atoms with Gasteiger partial charge < -0.3 is 0 Å². The molecule has 80 valence electrons. The van der Waals surface area contributed by atoms with E-state index >= 15 is 0 Å². The van der Waals surface area contributed by atoms with Gasteiger partial charge in [-0.15, -0.1) is 0 Å². The summed E-state index contributed by atoms with van der Waals surface area (Å²) in [6.45, 7) is 9.34. The summed E-state index contributed by atoms with van der Waals surface area (Å²) in [6, 6.07) is 0. The SMILES string of the molecule is CCCC(C)CC(C)CC(C)CS. The largest absolute Gasteiger partial charge is 0.179 e. The van der Waals surface area contributed by atoms with Crippen LogP contribution in [0.5, 0.6) is 0 Å². The number of thiol groups is 1. The monoisotopic (exact) mass is 202 g/mol. The van der Waals surface area contributed by atoms with Crippen LogP contribution in [0.4, 0.5) is 0 Å². The molecule has 0 aromatic carbocycles. The smallest absolute Gasteiger partial charge is 0.00720 e. The van der Waals surface area contributed by atoms with Gasteiger partial charge in [-0.3, -0.25) is 0 Å². The quantitative estimate of drug-likeness (QED) is 0.581. The van der Waals surface area contributed by atoms with Gasteiger partial charge in [0.15, 0.2) is 0 Å². The first-order valence-electron chi connectivity index (χ1n) is 5.70. The molecule has 0 aliphatic rings. The second kappa shape index (κ2) is 7.73. The van der Waals surface area contributed by atoms with Gasteiger partial charge in [0.2, 0.25) is 0 Å². The molecule has 13 heavy (non-hydrogen) atoms. The zero-order valence-corrected chi connectivity index (χ0v) is 10.6. The average molecular weight is 202 g/mol. The van der Waals surface area contributed by atoms with Crippen molar-refractivity contribution in [3.05, 3.63) is 0 Å². The fourth-order valence-corrected chi connectivity index (χ4v) is 2.30. The summed E-state index contributed by atoms with van der Waals surface area (Å²) in [7, 11) is 0. The van der Waals surface area contributed by atoms with Crippen molar-refractivity contribution in [2.45, 2.75) is 53.4 Å². The van der Waals surface area contributed by atoms with E-state index in [4.69, 9.17) is 0 Å². The van der Waals surface area contributed by atoms with Crippen molar-refractivity contribution in [3.63, 3.8) is 0 Å². The molecule has 0 saturated heterocycles. The minimum Gasteiger partial charge on any atom is -0.179 e. The highest BCUT2D eigenvalue weighted by molar-refractivity contribution is 7.80. The molecule has 0 rings (SSSR count). The van der Waals surface area contributed by atoms with Crippen LogP contribution in [0.2, 0.25) is 0 Å². The molecule has 0 fully saturated rings. The van der Waals surface area contributed by atoms with Gasteiger partial charge in [-0.2, -0.15) is 12.6 Å². The summed E-state index contributed by atoms with van der Waals surface area (Å²) in [5.74, 6) is 3.61. The lowest BCUT2D eigenvalue weighted by molar-refractivity contribution is 0.344. The molecule has 0 N–H and O–H groups in total. The summed E-state index contributed by atoms with van der Waals surface area (Å²) in [5.41, 5.74) is 0. The Labute approximate surface area is 89.9 Å². The Morgan fingerprint density at radius 2 is 1.46 bits per heavy atom. The van der Waals surface area contributed by atoms with Gasteiger partial charge in [0, 0.05) is 0 Å². The Morgan fingerprint density at radius 1 is 0.923 bits per heavy atom. The molecule has 3 atom stereocenters. The highest BCUT2D eigenvalue weighted by Crippen LogP contribution is 2.22. The van der Waals surface area contributed by atoms with E-state index in [0.29, 0.717) is 0 Å². The molecule has 0 radical (unpaired) electrons. The third kappa shape index (κ3) is 7.42. The van der Waals surface area contributed by atoms with Gasteiger partial charge in [-0.05, 0) is 36.3 Å². The highest BCUT2D eigenvalue weighted by Gasteiger charge is 2.10. The van der Waals surface area contributed by atoms with Crippen molar-refractivity contribution in [1.29, 1.82) is 0 Å². The van der Waals surface area contributed by atoms with E-state index in [1.807, 2.05) is 0 Å². The normalized spacial score (nSPS) is 18.2. The molecule has 0 nitrogen and oxygen atoms in total. The molecule has 0 aromatic heterocycles. The summed E-state index contributed by atoms with van der Waals surface area (Å²) < 4.78 is 0. The van der Waals surface area contributed by atoms with E-state index < -0.39 is 0 Å². The second-order valence-electron chi connectivity index (χ2n) is 4.76. The van der Waals surface area contributed by atoms with Crippen LogP contribution in [0, 0.1) is 17.8 Å². The van der Waals surface area contributed by atoms with Crippen LogP contribution in [0.25, 0.3) is 0 Å².